The average molecular weight is 147 g/mol. The molecule has 0 aliphatic carbocycles. The second-order valence-electron chi connectivity index (χ2n) is 2.50. The molecular formula is C8H9N3. The number of allylic oxidation sites excluding steroid dienone is 2. The second kappa shape index (κ2) is 2.27. The van der Waals surface area contributed by atoms with Gasteiger partial charge in [0.1, 0.15) is 11.9 Å². The topological polar surface area (TPSA) is 50.4 Å². The Morgan fingerprint density at radius 1 is 1.55 bits per heavy atom. The molecule has 3 nitrogen and oxygen atoms in total. The maximum absolute atomic E-state index is 5.65. The summed E-state index contributed by atoms with van der Waals surface area (Å²) in [4.78, 5) is 3.99. The van der Waals surface area contributed by atoms with Gasteiger partial charge in [0.05, 0.1) is 0 Å². The van der Waals surface area contributed by atoms with E-state index in [4.69, 9.17) is 5.73 Å². The molecule has 3 N–H and O–H groups in total. The first-order chi connectivity index (χ1) is 5.38. The Kier molecular flexibility index (Phi) is 1.28. The lowest BCUT2D eigenvalue weighted by atomic mass is 10.0. The van der Waals surface area contributed by atoms with Crippen molar-refractivity contribution in [3.05, 3.63) is 36.2 Å². The molecule has 0 fully saturated rings. The molecule has 1 unspecified atom stereocenters. The highest BCUT2D eigenvalue weighted by molar-refractivity contribution is 5.91. The van der Waals surface area contributed by atoms with Crippen molar-refractivity contribution >= 4 is 5.84 Å². The van der Waals surface area contributed by atoms with Crippen LogP contribution >= 0.6 is 0 Å². The van der Waals surface area contributed by atoms with Gasteiger partial charge in [0.2, 0.25) is 0 Å². The van der Waals surface area contributed by atoms with E-state index in [1.807, 2.05) is 24.4 Å². The maximum Gasteiger partial charge on any atom is 0.126 e. The predicted molar refractivity (Wildman–Crippen MR) is 44.9 cm³/mol. The van der Waals surface area contributed by atoms with E-state index in [0.29, 0.717) is 5.84 Å². The Labute approximate surface area is 65.0 Å². The van der Waals surface area contributed by atoms with Gasteiger partial charge in [-0.2, -0.15) is 0 Å². The van der Waals surface area contributed by atoms with E-state index in [1.54, 1.807) is 6.20 Å². The van der Waals surface area contributed by atoms with Crippen molar-refractivity contribution in [1.82, 2.24) is 5.32 Å². The van der Waals surface area contributed by atoms with Gasteiger partial charge in [-0.15, -0.1) is 0 Å². The van der Waals surface area contributed by atoms with Crippen molar-refractivity contribution in [2.45, 2.75) is 6.04 Å². The van der Waals surface area contributed by atoms with Crippen molar-refractivity contribution in [2.24, 2.45) is 10.7 Å². The van der Waals surface area contributed by atoms with E-state index in [9.17, 15) is 0 Å². The number of aliphatic imine (C=N–C) groups is 1. The molecule has 0 aromatic heterocycles. The van der Waals surface area contributed by atoms with Gasteiger partial charge >= 0.3 is 0 Å². The molecule has 2 aliphatic rings. The standard InChI is InChI=1S/C8H9N3/c9-8-7-6(3-5-11-8)2-1-4-10-7/h1-5,7,10H,(H2,9,11). The lowest BCUT2D eigenvalue weighted by molar-refractivity contribution is 0.819. The Morgan fingerprint density at radius 3 is 3.27 bits per heavy atom. The molecule has 1 atom stereocenters. The van der Waals surface area contributed by atoms with E-state index in [1.165, 1.54) is 5.57 Å². The van der Waals surface area contributed by atoms with Gasteiger partial charge in [0.15, 0.2) is 0 Å². The molecule has 0 aromatic carbocycles. The first-order valence-corrected chi connectivity index (χ1v) is 3.50. The summed E-state index contributed by atoms with van der Waals surface area (Å²) in [6, 6.07) is 0.0880. The molecule has 2 rings (SSSR count). The third-order valence-corrected chi connectivity index (χ3v) is 1.77. The van der Waals surface area contributed by atoms with Gasteiger partial charge in [-0.1, -0.05) is 6.08 Å². The van der Waals surface area contributed by atoms with Crippen LogP contribution in [0.3, 0.4) is 0 Å². The van der Waals surface area contributed by atoms with E-state index in [2.05, 4.69) is 10.3 Å². The molecule has 2 aliphatic heterocycles. The van der Waals surface area contributed by atoms with Gasteiger partial charge in [0.25, 0.3) is 0 Å². The lowest BCUT2D eigenvalue weighted by Crippen LogP contribution is -2.41. The Morgan fingerprint density at radius 2 is 2.45 bits per heavy atom. The molecule has 11 heavy (non-hydrogen) atoms. The molecule has 0 saturated heterocycles. The molecule has 0 saturated carbocycles. The summed E-state index contributed by atoms with van der Waals surface area (Å²) >= 11 is 0. The van der Waals surface area contributed by atoms with Crippen LogP contribution in [-0.4, -0.2) is 11.9 Å². The number of hydrogen-bond donors (Lipinski definition) is 2. The number of nitrogens with one attached hydrogen (secondary N) is 1. The minimum absolute atomic E-state index is 0.0880. The van der Waals surface area contributed by atoms with Crippen molar-refractivity contribution in [1.29, 1.82) is 0 Å². The second-order valence-corrected chi connectivity index (χ2v) is 2.50. The summed E-state index contributed by atoms with van der Waals surface area (Å²) in [6.07, 6.45) is 9.53. The first kappa shape index (κ1) is 6.22. The summed E-state index contributed by atoms with van der Waals surface area (Å²) in [7, 11) is 0. The fraction of sp³-hybridized carbons (Fsp3) is 0.125. The quantitative estimate of drug-likeness (QED) is 0.517. The number of dihydropyridines is 1. The molecule has 0 bridgehead atoms. The third-order valence-electron chi connectivity index (χ3n) is 1.77. The number of amidine groups is 1. The average Bonchev–Trinajstić information content (AvgIpc) is 2.06. The molecule has 2 heterocycles. The number of nitrogens with zero attached hydrogens (tertiary/aromatic N) is 1. The Hall–Kier alpha value is -1.51. The van der Waals surface area contributed by atoms with Gasteiger partial charge in [-0.3, -0.25) is 0 Å². The minimum atomic E-state index is 0.0880. The third kappa shape index (κ3) is 0.941. The summed E-state index contributed by atoms with van der Waals surface area (Å²) in [6.45, 7) is 0. The monoisotopic (exact) mass is 147 g/mol. The Balaban J connectivity index is 2.37. The number of fused-ring (bicyclic) bond motifs is 1. The predicted octanol–water partition coefficient (Wildman–Crippen LogP) is 0.283. The molecule has 3 heteroatoms. The van der Waals surface area contributed by atoms with Gasteiger partial charge in [0, 0.05) is 6.20 Å². The number of nitrogens with two attached hydrogens (primary N) is 1. The van der Waals surface area contributed by atoms with Crippen LogP contribution in [0.1, 0.15) is 0 Å². The molecule has 0 radical (unpaired) electrons. The fourth-order valence-electron chi connectivity index (χ4n) is 1.20. The van der Waals surface area contributed by atoms with Crippen molar-refractivity contribution in [3.63, 3.8) is 0 Å². The van der Waals surface area contributed by atoms with Crippen molar-refractivity contribution in [3.8, 4) is 0 Å². The highest BCUT2D eigenvalue weighted by Crippen LogP contribution is 2.12. The summed E-state index contributed by atoms with van der Waals surface area (Å²) in [5.41, 5.74) is 6.82. The zero-order chi connectivity index (χ0) is 7.68. The Bertz CT molecular complexity index is 284. The summed E-state index contributed by atoms with van der Waals surface area (Å²) in [5, 5.41) is 3.11. The smallest absolute Gasteiger partial charge is 0.126 e. The van der Waals surface area contributed by atoms with Crippen LogP contribution < -0.4 is 11.1 Å². The van der Waals surface area contributed by atoms with Crippen LogP contribution in [0.4, 0.5) is 0 Å². The summed E-state index contributed by atoms with van der Waals surface area (Å²) < 4.78 is 0. The highest BCUT2D eigenvalue weighted by atomic mass is 15.0. The molecule has 0 aromatic rings. The van der Waals surface area contributed by atoms with E-state index in [0.717, 1.165) is 0 Å². The van der Waals surface area contributed by atoms with Gasteiger partial charge < -0.3 is 11.1 Å². The molecule has 0 spiro atoms. The van der Waals surface area contributed by atoms with Gasteiger partial charge in [-0.25, -0.2) is 4.99 Å². The normalized spacial score (nSPS) is 26.7. The lowest BCUT2D eigenvalue weighted by Gasteiger charge is -2.22. The van der Waals surface area contributed by atoms with Crippen LogP contribution in [0.2, 0.25) is 0 Å². The van der Waals surface area contributed by atoms with Crippen LogP contribution in [0.5, 0.6) is 0 Å². The molecule has 0 amide bonds. The first-order valence-electron chi connectivity index (χ1n) is 3.50. The SMILES string of the molecule is NC1=NC=CC2=CC=CNC21. The van der Waals surface area contributed by atoms with Crippen LogP contribution in [0.25, 0.3) is 0 Å². The molecular weight excluding hydrogens is 138 g/mol. The minimum Gasteiger partial charge on any atom is -0.385 e. The van der Waals surface area contributed by atoms with E-state index < -0.39 is 0 Å². The van der Waals surface area contributed by atoms with Crippen molar-refractivity contribution < 1.29 is 0 Å². The number of hydrogen-bond acceptors (Lipinski definition) is 3. The van der Waals surface area contributed by atoms with Gasteiger partial charge in [-0.05, 0) is 23.9 Å². The van der Waals surface area contributed by atoms with Crippen molar-refractivity contribution in [2.75, 3.05) is 0 Å². The van der Waals surface area contributed by atoms with Crippen LogP contribution in [0, 0.1) is 0 Å². The largest absolute Gasteiger partial charge is 0.385 e. The maximum atomic E-state index is 5.65. The highest BCUT2D eigenvalue weighted by Gasteiger charge is 2.18. The summed E-state index contributed by atoms with van der Waals surface area (Å²) in [5.74, 6) is 0.628. The van der Waals surface area contributed by atoms with Crippen LogP contribution in [0.15, 0.2) is 41.2 Å². The fourth-order valence-corrected chi connectivity index (χ4v) is 1.20. The molecule has 56 valence electrons. The zero-order valence-electron chi connectivity index (χ0n) is 5.99. The zero-order valence-corrected chi connectivity index (χ0v) is 5.99. The number of rotatable bonds is 0. The van der Waals surface area contributed by atoms with E-state index >= 15 is 0 Å². The van der Waals surface area contributed by atoms with Crippen LogP contribution in [-0.2, 0) is 0 Å². The van der Waals surface area contributed by atoms with E-state index in [-0.39, 0.29) is 6.04 Å².